The number of pyridine rings is 1. The van der Waals surface area contributed by atoms with Crippen LogP contribution in [0.3, 0.4) is 0 Å². The third-order valence-corrected chi connectivity index (χ3v) is 2.75. The standard InChI is InChI=1S/C11H14N2O/c14-13-11-7-2-1-5-9(11)10-6-3-4-8-12-10/h3-4,6,8-9,14H,1-2,5,7H2/b13-11+/t9-/m0/s1. The van der Waals surface area contributed by atoms with Gasteiger partial charge in [0.05, 0.1) is 5.71 Å². The van der Waals surface area contributed by atoms with E-state index in [2.05, 4.69) is 10.1 Å². The van der Waals surface area contributed by atoms with Crippen LogP contribution in [0.15, 0.2) is 29.6 Å². The van der Waals surface area contributed by atoms with Gasteiger partial charge in [-0.1, -0.05) is 17.6 Å². The van der Waals surface area contributed by atoms with Crippen molar-refractivity contribution in [3.8, 4) is 0 Å². The first-order valence-corrected chi connectivity index (χ1v) is 5.03. The minimum Gasteiger partial charge on any atom is -0.411 e. The van der Waals surface area contributed by atoms with E-state index in [1.165, 1.54) is 6.42 Å². The van der Waals surface area contributed by atoms with Gasteiger partial charge in [-0.15, -0.1) is 0 Å². The number of aromatic nitrogens is 1. The monoisotopic (exact) mass is 190 g/mol. The zero-order chi connectivity index (χ0) is 9.80. The first kappa shape index (κ1) is 9.19. The van der Waals surface area contributed by atoms with Crippen molar-refractivity contribution in [2.75, 3.05) is 0 Å². The molecule has 0 aromatic carbocycles. The molecule has 0 radical (unpaired) electrons. The summed E-state index contributed by atoms with van der Waals surface area (Å²) in [6.07, 6.45) is 6.07. The van der Waals surface area contributed by atoms with Crippen LogP contribution < -0.4 is 0 Å². The van der Waals surface area contributed by atoms with E-state index < -0.39 is 0 Å². The lowest BCUT2D eigenvalue weighted by molar-refractivity contribution is 0.312. The molecule has 1 heterocycles. The molecule has 1 aliphatic rings. The zero-order valence-corrected chi connectivity index (χ0v) is 8.06. The summed E-state index contributed by atoms with van der Waals surface area (Å²) in [5.74, 6) is 0.231. The summed E-state index contributed by atoms with van der Waals surface area (Å²) in [7, 11) is 0. The topological polar surface area (TPSA) is 45.5 Å². The van der Waals surface area contributed by atoms with Gasteiger partial charge in [0.25, 0.3) is 0 Å². The Morgan fingerprint density at radius 2 is 2.29 bits per heavy atom. The van der Waals surface area contributed by atoms with Gasteiger partial charge in [-0.25, -0.2) is 0 Å². The maximum atomic E-state index is 8.88. The summed E-state index contributed by atoms with van der Waals surface area (Å²) in [5, 5.41) is 12.3. The SMILES string of the molecule is O/N=C1\CCCC[C@H]1c1ccccn1. The second-order valence-corrected chi connectivity index (χ2v) is 3.64. The summed E-state index contributed by atoms with van der Waals surface area (Å²) >= 11 is 0. The van der Waals surface area contributed by atoms with Crippen molar-refractivity contribution in [3.05, 3.63) is 30.1 Å². The molecule has 0 amide bonds. The molecule has 3 nitrogen and oxygen atoms in total. The highest BCUT2D eigenvalue weighted by Crippen LogP contribution is 2.29. The predicted octanol–water partition coefficient (Wildman–Crippen LogP) is 2.57. The third-order valence-electron chi connectivity index (χ3n) is 2.75. The molecule has 1 atom stereocenters. The van der Waals surface area contributed by atoms with E-state index in [0.717, 1.165) is 30.7 Å². The lowest BCUT2D eigenvalue weighted by Crippen LogP contribution is -2.18. The van der Waals surface area contributed by atoms with E-state index in [9.17, 15) is 0 Å². The second kappa shape index (κ2) is 4.22. The van der Waals surface area contributed by atoms with Crippen LogP contribution in [0.1, 0.15) is 37.3 Å². The second-order valence-electron chi connectivity index (χ2n) is 3.64. The quantitative estimate of drug-likeness (QED) is 0.546. The molecule has 3 heteroatoms. The average molecular weight is 190 g/mol. The number of oxime groups is 1. The van der Waals surface area contributed by atoms with Gasteiger partial charge >= 0.3 is 0 Å². The van der Waals surface area contributed by atoms with Crippen LogP contribution in [0.2, 0.25) is 0 Å². The van der Waals surface area contributed by atoms with Crippen molar-refractivity contribution in [2.24, 2.45) is 5.16 Å². The maximum Gasteiger partial charge on any atom is 0.0661 e. The van der Waals surface area contributed by atoms with Gasteiger partial charge in [0.15, 0.2) is 0 Å². The van der Waals surface area contributed by atoms with E-state index in [1.54, 1.807) is 6.20 Å². The van der Waals surface area contributed by atoms with Crippen molar-refractivity contribution < 1.29 is 5.21 Å². The maximum absolute atomic E-state index is 8.88. The van der Waals surface area contributed by atoms with Crippen LogP contribution >= 0.6 is 0 Å². The number of hydrogen-bond acceptors (Lipinski definition) is 3. The fourth-order valence-corrected chi connectivity index (χ4v) is 2.02. The summed E-state index contributed by atoms with van der Waals surface area (Å²) in [6.45, 7) is 0. The van der Waals surface area contributed by atoms with Gasteiger partial charge in [0.2, 0.25) is 0 Å². The highest BCUT2D eigenvalue weighted by atomic mass is 16.4. The van der Waals surface area contributed by atoms with Gasteiger partial charge in [-0.05, 0) is 31.4 Å². The average Bonchev–Trinajstić information content (AvgIpc) is 2.30. The minimum atomic E-state index is 0.231. The summed E-state index contributed by atoms with van der Waals surface area (Å²) in [4.78, 5) is 4.31. The van der Waals surface area contributed by atoms with E-state index in [0.29, 0.717) is 0 Å². The summed E-state index contributed by atoms with van der Waals surface area (Å²) < 4.78 is 0. The van der Waals surface area contributed by atoms with Crippen molar-refractivity contribution in [1.82, 2.24) is 4.98 Å². The first-order valence-electron chi connectivity index (χ1n) is 5.03. The number of rotatable bonds is 1. The van der Waals surface area contributed by atoms with Crippen molar-refractivity contribution in [3.63, 3.8) is 0 Å². The molecule has 0 aliphatic heterocycles. The molecule has 1 N–H and O–H groups in total. The van der Waals surface area contributed by atoms with Crippen LogP contribution in [-0.4, -0.2) is 15.9 Å². The van der Waals surface area contributed by atoms with Gasteiger partial charge in [-0.3, -0.25) is 4.98 Å². The molecular weight excluding hydrogens is 176 g/mol. The van der Waals surface area contributed by atoms with Gasteiger partial charge < -0.3 is 5.21 Å². The molecule has 1 aromatic rings. The molecule has 0 spiro atoms. The molecular formula is C11H14N2O. The van der Waals surface area contributed by atoms with Crippen molar-refractivity contribution >= 4 is 5.71 Å². The number of nitrogens with zero attached hydrogens (tertiary/aromatic N) is 2. The smallest absolute Gasteiger partial charge is 0.0661 e. The highest BCUT2D eigenvalue weighted by Gasteiger charge is 2.23. The van der Waals surface area contributed by atoms with Gasteiger partial charge in [0, 0.05) is 17.8 Å². The van der Waals surface area contributed by atoms with Crippen LogP contribution in [0.25, 0.3) is 0 Å². The van der Waals surface area contributed by atoms with Crippen molar-refractivity contribution in [2.45, 2.75) is 31.6 Å². The first-order chi connectivity index (χ1) is 6.92. The van der Waals surface area contributed by atoms with Crippen LogP contribution in [-0.2, 0) is 0 Å². The molecule has 1 aliphatic carbocycles. The lowest BCUT2D eigenvalue weighted by Gasteiger charge is -2.22. The van der Waals surface area contributed by atoms with Crippen LogP contribution in [0, 0.1) is 0 Å². The molecule has 1 saturated carbocycles. The van der Waals surface area contributed by atoms with Gasteiger partial charge in [0.1, 0.15) is 0 Å². The normalized spacial score (nSPS) is 25.1. The molecule has 0 bridgehead atoms. The van der Waals surface area contributed by atoms with E-state index in [1.807, 2.05) is 18.2 Å². The van der Waals surface area contributed by atoms with Gasteiger partial charge in [-0.2, -0.15) is 0 Å². The lowest BCUT2D eigenvalue weighted by atomic mass is 9.85. The Bertz CT molecular complexity index is 321. The fraction of sp³-hybridized carbons (Fsp3) is 0.455. The predicted molar refractivity (Wildman–Crippen MR) is 54.7 cm³/mol. The fourth-order valence-electron chi connectivity index (χ4n) is 2.02. The summed E-state index contributed by atoms with van der Waals surface area (Å²) in [5.41, 5.74) is 1.91. The third kappa shape index (κ3) is 1.76. The van der Waals surface area contributed by atoms with E-state index in [-0.39, 0.29) is 5.92 Å². The summed E-state index contributed by atoms with van der Waals surface area (Å²) in [6, 6.07) is 5.88. The molecule has 2 rings (SSSR count). The van der Waals surface area contributed by atoms with Crippen LogP contribution in [0.5, 0.6) is 0 Å². The van der Waals surface area contributed by atoms with Crippen LogP contribution in [0.4, 0.5) is 0 Å². The molecule has 14 heavy (non-hydrogen) atoms. The molecule has 1 fully saturated rings. The molecule has 0 saturated heterocycles. The number of hydrogen-bond donors (Lipinski definition) is 1. The Kier molecular flexibility index (Phi) is 2.77. The largest absolute Gasteiger partial charge is 0.411 e. The highest BCUT2D eigenvalue weighted by molar-refractivity contribution is 5.90. The zero-order valence-electron chi connectivity index (χ0n) is 8.06. The Morgan fingerprint density at radius 1 is 1.36 bits per heavy atom. The molecule has 74 valence electrons. The molecule has 0 unspecified atom stereocenters. The van der Waals surface area contributed by atoms with Crippen molar-refractivity contribution in [1.29, 1.82) is 0 Å². The van der Waals surface area contributed by atoms with E-state index >= 15 is 0 Å². The molecule has 1 aromatic heterocycles. The Labute approximate surface area is 83.5 Å². The Morgan fingerprint density at radius 3 is 3.00 bits per heavy atom. The Balaban J connectivity index is 2.24. The minimum absolute atomic E-state index is 0.231. The van der Waals surface area contributed by atoms with E-state index in [4.69, 9.17) is 5.21 Å². The Hall–Kier alpha value is -1.38.